The van der Waals surface area contributed by atoms with Crippen molar-refractivity contribution in [2.45, 2.75) is 13.2 Å². The Kier molecular flexibility index (Phi) is 4.14. The van der Waals surface area contributed by atoms with Crippen molar-refractivity contribution in [1.29, 1.82) is 0 Å². The summed E-state index contributed by atoms with van der Waals surface area (Å²) in [7, 11) is 3.38. The van der Waals surface area contributed by atoms with E-state index in [1.54, 1.807) is 26.5 Å². The number of methoxy groups -OCH3 is 1. The van der Waals surface area contributed by atoms with E-state index in [0.29, 0.717) is 30.7 Å². The van der Waals surface area contributed by atoms with Gasteiger partial charge in [0.15, 0.2) is 5.82 Å². The molecule has 0 saturated heterocycles. The number of hydrogen-bond acceptors (Lipinski definition) is 6. The molecular formula is C12H15N3O3. The van der Waals surface area contributed by atoms with Gasteiger partial charge in [-0.1, -0.05) is 0 Å². The van der Waals surface area contributed by atoms with Gasteiger partial charge in [0.1, 0.15) is 24.8 Å². The molecule has 18 heavy (non-hydrogen) atoms. The second kappa shape index (κ2) is 6.02. The fourth-order valence-electron chi connectivity index (χ4n) is 1.41. The fraction of sp³-hybridized carbons (Fsp3) is 0.333. The molecule has 0 atom stereocenters. The third kappa shape index (κ3) is 3.21. The van der Waals surface area contributed by atoms with Crippen molar-refractivity contribution in [3.63, 3.8) is 0 Å². The highest BCUT2D eigenvalue weighted by atomic mass is 16.5. The number of anilines is 1. The molecule has 0 unspecified atom stereocenters. The van der Waals surface area contributed by atoms with Crippen LogP contribution in [0, 0.1) is 0 Å². The van der Waals surface area contributed by atoms with Gasteiger partial charge in [-0.25, -0.2) is 4.98 Å². The number of ether oxygens (including phenoxy) is 2. The Morgan fingerprint density at radius 1 is 1.33 bits per heavy atom. The van der Waals surface area contributed by atoms with E-state index in [4.69, 9.17) is 13.9 Å². The van der Waals surface area contributed by atoms with Gasteiger partial charge in [0.25, 0.3) is 0 Å². The third-order valence-electron chi connectivity index (χ3n) is 2.22. The molecule has 6 nitrogen and oxygen atoms in total. The smallest absolute Gasteiger partial charge is 0.219 e. The van der Waals surface area contributed by atoms with Crippen molar-refractivity contribution in [2.24, 2.45) is 0 Å². The van der Waals surface area contributed by atoms with Crippen molar-refractivity contribution in [3.05, 3.63) is 36.0 Å². The standard InChI is InChI=1S/C12H15N3O3/c1-13-10-6-12(15-11(14-10)8-16-2)18-7-9-4-3-5-17-9/h3-6H,7-8H2,1-2H3,(H,13,14,15). The number of nitrogens with zero attached hydrogens (tertiary/aromatic N) is 2. The van der Waals surface area contributed by atoms with E-state index in [-0.39, 0.29) is 0 Å². The third-order valence-corrected chi connectivity index (χ3v) is 2.22. The van der Waals surface area contributed by atoms with Crippen molar-refractivity contribution in [1.82, 2.24) is 9.97 Å². The Morgan fingerprint density at radius 2 is 2.22 bits per heavy atom. The maximum atomic E-state index is 5.54. The quantitative estimate of drug-likeness (QED) is 0.842. The van der Waals surface area contributed by atoms with Crippen LogP contribution in [0.2, 0.25) is 0 Å². The summed E-state index contributed by atoms with van der Waals surface area (Å²) in [6.07, 6.45) is 1.61. The number of furan rings is 1. The van der Waals surface area contributed by atoms with Crippen LogP contribution < -0.4 is 10.1 Å². The zero-order chi connectivity index (χ0) is 12.8. The minimum absolute atomic E-state index is 0.333. The minimum atomic E-state index is 0.333. The number of hydrogen-bond donors (Lipinski definition) is 1. The largest absolute Gasteiger partial charge is 0.469 e. The molecular weight excluding hydrogens is 234 g/mol. The van der Waals surface area contributed by atoms with Gasteiger partial charge in [0, 0.05) is 20.2 Å². The molecule has 0 aliphatic heterocycles. The van der Waals surface area contributed by atoms with Crippen molar-refractivity contribution < 1.29 is 13.9 Å². The van der Waals surface area contributed by atoms with E-state index < -0.39 is 0 Å². The SMILES string of the molecule is CNc1cc(OCc2ccco2)nc(COC)n1. The zero-order valence-electron chi connectivity index (χ0n) is 10.3. The highest BCUT2D eigenvalue weighted by molar-refractivity contribution is 5.37. The lowest BCUT2D eigenvalue weighted by Gasteiger charge is -2.08. The van der Waals surface area contributed by atoms with E-state index in [1.807, 2.05) is 12.1 Å². The minimum Gasteiger partial charge on any atom is -0.469 e. The molecule has 2 rings (SSSR count). The van der Waals surface area contributed by atoms with Gasteiger partial charge in [0.2, 0.25) is 5.88 Å². The second-order valence-electron chi connectivity index (χ2n) is 3.56. The van der Waals surface area contributed by atoms with Crippen LogP contribution in [0.15, 0.2) is 28.9 Å². The monoisotopic (exact) mass is 249 g/mol. The molecule has 96 valence electrons. The van der Waals surface area contributed by atoms with E-state index in [1.165, 1.54) is 0 Å². The molecule has 0 amide bonds. The Morgan fingerprint density at radius 3 is 2.89 bits per heavy atom. The first-order chi connectivity index (χ1) is 8.81. The van der Waals surface area contributed by atoms with Crippen LogP contribution in [-0.4, -0.2) is 24.1 Å². The first-order valence-electron chi connectivity index (χ1n) is 5.51. The Labute approximate surface area is 105 Å². The fourth-order valence-corrected chi connectivity index (χ4v) is 1.41. The van der Waals surface area contributed by atoms with Crippen LogP contribution >= 0.6 is 0 Å². The maximum Gasteiger partial charge on any atom is 0.219 e. The Balaban J connectivity index is 2.08. The number of nitrogens with one attached hydrogen (secondary N) is 1. The molecule has 2 aromatic rings. The predicted molar refractivity (Wildman–Crippen MR) is 65.3 cm³/mol. The molecule has 0 saturated carbocycles. The molecule has 0 spiro atoms. The van der Waals surface area contributed by atoms with Crippen LogP contribution in [-0.2, 0) is 18.0 Å². The van der Waals surface area contributed by atoms with E-state index in [0.717, 1.165) is 5.76 Å². The van der Waals surface area contributed by atoms with Gasteiger partial charge in [-0.3, -0.25) is 0 Å². The molecule has 2 aromatic heterocycles. The van der Waals surface area contributed by atoms with Crippen LogP contribution in [0.3, 0.4) is 0 Å². The number of rotatable bonds is 6. The molecule has 0 bridgehead atoms. The zero-order valence-corrected chi connectivity index (χ0v) is 10.3. The highest BCUT2D eigenvalue weighted by Gasteiger charge is 2.05. The second-order valence-corrected chi connectivity index (χ2v) is 3.56. The first-order valence-corrected chi connectivity index (χ1v) is 5.51. The molecule has 0 aliphatic carbocycles. The Hall–Kier alpha value is -2.08. The van der Waals surface area contributed by atoms with Gasteiger partial charge in [-0.05, 0) is 12.1 Å². The summed E-state index contributed by atoms with van der Waals surface area (Å²) < 4.78 is 15.7. The lowest BCUT2D eigenvalue weighted by atomic mass is 10.4. The van der Waals surface area contributed by atoms with E-state index in [2.05, 4.69) is 15.3 Å². The maximum absolute atomic E-state index is 5.54. The average Bonchev–Trinajstić information content (AvgIpc) is 2.89. The van der Waals surface area contributed by atoms with Crippen LogP contribution in [0.25, 0.3) is 0 Å². The molecule has 0 aliphatic rings. The summed E-state index contributed by atoms with van der Waals surface area (Å²) in [5.74, 6) is 2.48. The first kappa shape index (κ1) is 12.4. The summed E-state index contributed by atoms with van der Waals surface area (Å²) in [4.78, 5) is 8.47. The molecule has 0 radical (unpaired) electrons. The van der Waals surface area contributed by atoms with Crippen LogP contribution in [0.5, 0.6) is 5.88 Å². The topological polar surface area (TPSA) is 69.4 Å². The molecule has 1 N–H and O–H groups in total. The summed E-state index contributed by atoms with van der Waals surface area (Å²) in [6.45, 7) is 0.673. The van der Waals surface area contributed by atoms with Gasteiger partial charge in [-0.15, -0.1) is 0 Å². The molecule has 0 aromatic carbocycles. The van der Waals surface area contributed by atoms with Crippen molar-refractivity contribution in [3.8, 4) is 5.88 Å². The van der Waals surface area contributed by atoms with Gasteiger partial charge in [-0.2, -0.15) is 4.98 Å². The average molecular weight is 249 g/mol. The van der Waals surface area contributed by atoms with Gasteiger partial charge < -0.3 is 19.2 Å². The summed E-state index contributed by atoms with van der Waals surface area (Å²) in [5.41, 5.74) is 0. The van der Waals surface area contributed by atoms with Gasteiger partial charge in [0.05, 0.1) is 6.26 Å². The lowest BCUT2D eigenvalue weighted by Crippen LogP contribution is -2.04. The molecule has 6 heteroatoms. The highest BCUT2D eigenvalue weighted by Crippen LogP contribution is 2.15. The number of aromatic nitrogens is 2. The van der Waals surface area contributed by atoms with E-state index >= 15 is 0 Å². The van der Waals surface area contributed by atoms with Crippen molar-refractivity contribution in [2.75, 3.05) is 19.5 Å². The van der Waals surface area contributed by atoms with Crippen LogP contribution in [0.4, 0.5) is 5.82 Å². The predicted octanol–water partition coefficient (Wildman–Crippen LogP) is 1.84. The summed E-state index contributed by atoms with van der Waals surface area (Å²) in [6, 6.07) is 5.38. The van der Waals surface area contributed by atoms with E-state index in [9.17, 15) is 0 Å². The summed E-state index contributed by atoms with van der Waals surface area (Å²) >= 11 is 0. The molecule has 2 heterocycles. The molecule has 0 fully saturated rings. The summed E-state index contributed by atoms with van der Waals surface area (Å²) in [5, 5.41) is 2.95. The normalized spacial score (nSPS) is 10.3. The van der Waals surface area contributed by atoms with Gasteiger partial charge >= 0.3 is 0 Å². The lowest BCUT2D eigenvalue weighted by molar-refractivity contribution is 0.175. The van der Waals surface area contributed by atoms with Crippen molar-refractivity contribution >= 4 is 5.82 Å². The van der Waals surface area contributed by atoms with Crippen LogP contribution in [0.1, 0.15) is 11.6 Å². The Bertz CT molecular complexity index is 485.